The van der Waals surface area contributed by atoms with Crippen molar-refractivity contribution in [3.8, 4) is 0 Å². The highest BCUT2D eigenvalue weighted by molar-refractivity contribution is 6.59. The third kappa shape index (κ3) is 2.50. The molecule has 0 amide bonds. The normalized spacial score (nSPS) is 9.93. The molecule has 0 aliphatic carbocycles. The molecule has 0 unspecified atom stereocenters. The Kier molecular flexibility index (Phi) is 3.74. The van der Waals surface area contributed by atoms with Crippen LogP contribution in [0.1, 0.15) is 15.9 Å². The van der Waals surface area contributed by atoms with E-state index < -0.39 is 13.1 Å². The van der Waals surface area contributed by atoms with E-state index in [-0.39, 0.29) is 16.0 Å². The SMILES string of the molecule is COC(=O)c1cc(B(O)O)cc(C)c1Cl. The zero-order chi connectivity index (χ0) is 11.6. The van der Waals surface area contributed by atoms with Gasteiger partial charge in [0, 0.05) is 0 Å². The maximum absolute atomic E-state index is 11.3. The van der Waals surface area contributed by atoms with Crippen LogP contribution in [-0.4, -0.2) is 30.2 Å². The van der Waals surface area contributed by atoms with Gasteiger partial charge < -0.3 is 14.8 Å². The zero-order valence-electron chi connectivity index (χ0n) is 8.32. The van der Waals surface area contributed by atoms with Crippen LogP contribution in [0.5, 0.6) is 0 Å². The van der Waals surface area contributed by atoms with E-state index in [4.69, 9.17) is 21.6 Å². The average molecular weight is 228 g/mol. The third-order valence-electron chi connectivity index (χ3n) is 1.98. The van der Waals surface area contributed by atoms with Crippen LogP contribution in [0.2, 0.25) is 5.02 Å². The van der Waals surface area contributed by atoms with Crippen LogP contribution < -0.4 is 5.46 Å². The predicted octanol–water partition coefficient (Wildman–Crippen LogP) is 0.115. The van der Waals surface area contributed by atoms with Crippen LogP contribution >= 0.6 is 11.6 Å². The third-order valence-corrected chi connectivity index (χ3v) is 2.48. The predicted molar refractivity (Wildman–Crippen MR) is 57.4 cm³/mol. The molecule has 0 aliphatic rings. The number of carbonyl (C=O) groups is 1. The first-order valence-electron chi connectivity index (χ1n) is 4.22. The maximum Gasteiger partial charge on any atom is 0.488 e. The molecule has 0 heterocycles. The lowest BCUT2D eigenvalue weighted by molar-refractivity contribution is 0.0601. The summed E-state index contributed by atoms with van der Waals surface area (Å²) < 4.78 is 4.52. The maximum atomic E-state index is 11.3. The lowest BCUT2D eigenvalue weighted by atomic mass is 9.78. The van der Waals surface area contributed by atoms with Crippen LogP contribution in [0.25, 0.3) is 0 Å². The summed E-state index contributed by atoms with van der Waals surface area (Å²) >= 11 is 5.88. The molecule has 0 bridgehead atoms. The van der Waals surface area contributed by atoms with Crippen molar-refractivity contribution in [2.24, 2.45) is 0 Å². The summed E-state index contributed by atoms with van der Waals surface area (Å²) in [6.07, 6.45) is 0. The fourth-order valence-electron chi connectivity index (χ4n) is 1.21. The first-order valence-corrected chi connectivity index (χ1v) is 4.59. The Labute approximate surface area is 92.6 Å². The first kappa shape index (κ1) is 12.0. The van der Waals surface area contributed by atoms with Crippen LogP contribution in [0.3, 0.4) is 0 Å². The fourth-order valence-corrected chi connectivity index (χ4v) is 1.39. The monoisotopic (exact) mass is 228 g/mol. The molecule has 80 valence electrons. The minimum absolute atomic E-state index is 0.127. The van der Waals surface area contributed by atoms with Crippen molar-refractivity contribution < 1.29 is 19.6 Å². The molecule has 0 atom stereocenters. The van der Waals surface area contributed by atoms with Gasteiger partial charge in [0.2, 0.25) is 0 Å². The summed E-state index contributed by atoms with van der Waals surface area (Å²) in [5.74, 6) is -0.606. The van der Waals surface area contributed by atoms with E-state index in [1.54, 1.807) is 6.92 Å². The van der Waals surface area contributed by atoms with Gasteiger partial charge in [0.25, 0.3) is 0 Å². The number of methoxy groups -OCH3 is 1. The molecule has 1 rings (SSSR count). The highest BCUT2D eigenvalue weighted by Gasteiger charge is 2.19. The Balaban J connectivity index is 3.31. The molecule has 0 saturated carbocycles. The number of benzene rings is 1. The molecule has 0 radical (unpaired) electrons. The van der Waals surface area contributed by atoms with Crippen LogP contribution in [0.15, 0.2) is 12.1 Å². The highest BCUT2D eigenvalue weighted by atomic mass is 35.5. The molecule has 1 aromatic rings. The lowest BCUT2D eigenvalue weighted by Crippen LogP contribution is -2.31. The molecule has 0 aliphatic heterocycles. The summed E-state index contributed by atoms with van der Waals surface area (Å²) in [5, 5.41) is 18.2. The number of hydrogen-bond acceptors (Lipinski definition) is 4. The first-order chi connectivity index (χ1) is 6.97. The van der Waals surface area contributed by atoms with E-state index >= 15 is 0 Å². The highest BCUT2D eigenvalue weighted by Crippen LogP contribution is 2.20. The molecule has 0 saturated heterocycles. The molecule has 2 N–H and O–H groups in total. The van der Waals surface area contributed by atoms with Gasteiger partial charge in [0.15, 0.2) is 0 Å². The second-order valence-electron chi connectivity index (χ2n) is 3.06. The fraction of sp³-hybridized carbons (Fsp3) is 0.222. The van der Waals surface area contributed by atoms with Gasteiger partial charge in [0.1, 0.15) is 0 Å². The van der Waals surface area contributed by atoms with E-state index in [2.05, 4.69) is 4.74 Å². The van der Waals surface area contributed by atoms with E-state index in [1.165, 1.54) is 19.2 Å². The summed E-state index contributed by atoms with van der Waals surface area (Å²) in [6, 6.07) is 2.80. The van der Waals surface area contributed by atoms with E-state index in [0.29, 0.717) is 5.56 Å². The summed E-state index contributed by atoms with van der Waals surface area (Å²) in [7, 11) is -0.403. The largest absolute Gasteiger partial charge is 0.488 e. The number of rotatable bonds is 2. The Bertz CT molecular complexity index is 392. The minimum Gasteiger partial charge on any atom is -0.465 e. The number of esters is 1. The number of hydrogen-bond donors (Lipinski definition) is 2. The molecule has 1 aromatic carbocycles. The van der Waals surface area contributed by atoms with E-state index in [1.807, 2.05) is 0 Å². The number of carbonyl (C=O) groups excluding carboxylic acids is 1. The Hall–Kier alpha value is -1.04. The molecule has 0 aromatic heterocycles. The quantitative estimate of drug-likeness (QED) is 0.557. The molecular weight excluding hydrogens is 218 g/mol. The standard InChI is InChI=1S/C9H10BClO4/c1-5-3-6(10(13)14)4-7(8(5)11)9(12)15-2/h3-4,13-14H,1-2H3. The van der Waals surface area contributed by atoms with Gasteiger partial charge >= 0.3 is 13.1 Å². The molecule has 6 heteroatoms. The lowest BCUT2D eigenvalue weighted by Gasteiger charge is -2.08. The van der Waals surface area contributed by atoms with Gasteiger partial charge in [-0.25, -0.2) is 4.79 Å². The van der Waals surface area contributed by atoms with Crippen LogP contribution in [-0.2, 0) is 4.74 Å². The zero-order valence-corrected chi connectivity index (χ0v) is 9.08. The molecular formula is C9H10BClO4. The van der Waals surface area contributed by atoms with E-state index in [9.17, 15) is 4.79 Å². The van der Waals surface area contributed by atoms with Crippen molar-refractivity contribution in [2.75, 3.05) is 7.11 Å². The molecule has 15 heavy (non-hydrogen) atoms. The number of halogens is 1. The Morgan fingerprint density at radius 3 is 2.53 bits per heavy atom. The molecule has 0 spiro atoms. The van der Waals surface area contributed by atoms with Crippen LogP contribution in [0.4, 0.5) is 0 Å². The summed E-state index contributed by atoms with van der Waals surface area (Å²) in [6.45, 7) is 1.67. The molecule has 4 nitrogen and oxygen atoms in total. The Morgan fingerprint density at radius 2 is 2.07 bits per heavy atom. The van der Waals surface area contributed by atoms with Crippen molar-refractivity contribution in [1.82, 2.24) is 0 Å². The van der Waals surface area contributed by atoms with Crippen molar-refractivity contribution in [2.45, 2.75) is 6.92 Å². The number of aryl methyl sites for hydroxylation is 1. The average Bonchev–Trinajstić information content (AvgIpc) is 2.20. The van der Waals surface area contributed by atoms with Crippen molar-refractivity contribution in [1.29, 1.82) is 0 Å². The minimum atomic E-state index is -1.63. The van der Waals surface area contributed by atoms with Crippen LogP contribution in [0, 0.1) is 6.92 Å². The second kappa shape index (κ2) is 4.66. The van der Waals surface area contributed by atoms with Gasteiger partial charge in [-0.15, -0.1) is 0 Å². The van der Waals surface area contributed by atoms with Gasteiger partial charge in [-0.3, -0.25) is 0 Å². The Morgan fingerprint density at radius 1 is 1.47 bits per heavy atom. The van der Waals surface area contributed by atoms with E-state index in [0.717, 1.165) is 0 Å². The topological polar surface area (TPSA) is 66.8 Å². The van der Waals surface area contributed by atoms with Crippen molar-refractivity contribution in [3.05, 3.63) is 28.3 Å². The summed E-state index contributed by atoms with van der Waals surface area (Å²) in [5.41, 5.74) is 0.919. The molecule has 0 fully saturated rings. The van der Waals surface area contributed by atoms with Crippen molar-refractivity contribution in [3.63, 3.8) is 0 Å². The van der Waals surface area contributed by atoms with Gasteiger partial charge in [-0.2, -0.15) is 0 Å². The summed E-state index contributed by atoms with van der Waals surface area (Å²) in [4.78, 5) is 11.3. The second-order valence-corrected chi connectivity index (χ2v) is 3.44. The van der Waals surface area contributed by atoms with Gasteiger partial charge in [0.05, 0.1) is 17.7 Å². The number of ether oxygens (including phenoxy) is 1. The van der Waals surface area contributed by atoms with Gasteiger partial charge in [-0.1, -0.05) is 17.7 Å². The van der Waals surface area contributed by atoms with Gasteiger partial charge in [-0.05, 0) is 24.0 Å². The van der Waals surface area contributed by atoms with Crippen molar-refractivity contribution >= 4 is 30.2 Å². The smallest absolute Gasteiger partial charge is 0.465 e.